The van der Waals surface area contributed by atoms with E-state index in [4.69, 9.17) is 4.74 Å². The monoisotopic (exact) mass is 298 g/mol. The SMILES string of the molecule is COc1cccc2c1CCC1=C2CC[C@H]2C[C@H](O)CC[C@]12C. The van der Waals surface area contributed by atoms with Crippen LogP contribution in [0.4, 0.5) is 0 Å². The minimum atomic E-state index is -0.0730. The van der Waals surface area contributed by atoms with Gasteiger partial charge in [0, 0.05) is 5.56 Å². The Kier molecular flexibility index (Phi) is 3.34. The number of rotatable bonds is 1. The summed E-state index contributed by atoms with van der Waals surface area (Å²) in [5, 5.41) is 10.1. The van der Waals surface area contributed by atoms with Gasteiger partial charge in [-0.25, -0.2) is 0 Å². The first kappa shape index (κ1) is 14.3. The molecule has 4 rings (SSSR count). The fraction of sp³-hybridized carbons (Fsp3) is 0.600. The van der Waals surface area contributed by atoms with Crippen LogP contribution in [0.2, 0.25) is 0 Å². The molecule has 0 aromatic heterocycles. The van der Waals surface area contributed by atoms with Crippen molar-refractivity contribution in [1.29, 1.82) is 0 Å². The Bertz CT molecular complexity index is 631. The van der Waals surface area contributed by atoms with E-state index in [0.717, 1.165) is 31.4 Å². The van der Waals surface area contributed by atoms with E-state index in [2.05, 4.69) is 25.1 Å². The zero-order valence-electron chi connectivity index (χ0n) is 13.7. The second-order valence-corrected chi connectivity index (χ2v) is 7.52. The average molecular weight is 298 g/mol. The van der Waals surface area contributed by atoms with Crippen LogP contribution in [-0.4, -0.2) is 18.3 Å². The summed E-state index contributed by atoms with van der Waals surface area (Å²) in [6, 6.07) is 6.51. The molecule has 3 aliphatic rings. The molecule has 0 amide bonds. The van der Waals surface area contributed by atoms with Crippen LogP contribution < -0.4 is 4.74 Å². The average Bonchev–Trinajstić information content (AvgIpc) is 2.54. The second-order valence-electron chi connectivity index (χ2n) is 7.52. The van der Waals surface area contributed by atoms with E-state index >= 15 is 0 Å². The lowest BCUT2D eigenvalue weighted by Gasteiger charge is -2.50. The highest BCUT2D eigenvalue weighted by Gasteiger charge is 2.46. The topological polar surface area (TPSA) is 29.5 Å². The van der Waals surface area contributed by atoms with Crippen molar-refractivity contribution >= 4 is 5.57 Å². The van der Waals surface area contributed by atoms with Gasteiger partial charge in [-0.05, 0) is 73.5 Å². The fourth-order valence-electron chi connectivity index (χ4n) is 5.31. The normalized spacial score (nSPS) is 33.8. The standard InChI is InChI=1S/C20H26O2/c1-20-11-10-14(21)12-13(20)6-7-16-15-4-3-5-19(22-2)17(15)8-9-18(16)20/h3-5,13-14,21H,6-12H2,1-2H3/t13-,14+,20-/m0/s1. The molecule has 0 bridgehead atoms. The van der Waals surface area contributed by atoms with E-state index in [9.17, 15) is 5.11 Å². The molecule has 1 aromatic carbocycles. The number of fused-ring (bicyclic) bond motifs is 4. The Labute approximate surface area is 133 Å². The highest BCUT2D eigenvalue weighted by Crippen LogP contribution is 2.57. The molecule has 0 spiro atoms. The van der Waals surface area contributed by atoms with Crippen molar-refractivity contribution in [2.75, 3.05) is 7.11 Å². The van der Waals surface area contributed by atoms with Gasteiger partial charge in [0.05, 0.1) is 13.2 Å². The number of hydrogen-bond acceptors (Lipinski definition) is 2. The molecule has 3 aliphatic carbocycles. The Morgan fingerprint density at radius 1 is 1.18 bits per heavy atom. The maximum Gasteiger partial charge on any atom is 0.122 e. The number of ether oxygens (including phenoxy) is 1. The van der Waals surface area contributed by atoms with Gasteiger partial charge in [-0.15, -0.1) is 0 Å². The van der Waals surface area contributed by atoms with Crippen LogP contribution in [0.25, 0.3) is 5.57 Å². The third-order valence-corrected chi connectivity index (χ3v) is 6.55. The van der Waals surface area contributed by atoms with Gasteiger partial charge in [0.1, 0.15) is 5.75 Å². The lowest BCUT2D eigenvalue weighted by Crippen LogP contribution is -2.41. The Balaban J connectivity index is 1.81. The summed E-state index contributed by atoms with van der Waals surface area (Å²) >= 11 is 0. The van der Waals surface area contributed by atoms with Gasteiger partial charge in [0.15, 0.2) is 0 Å². The highest BCUT2D eigenvalue weighted by atomic mass is 16.5. The molecule has 1 N–H and O–H groups in total. The Morgan fingerprint density at radius 3 is 2.86 bits per heavy atom. The largest absolute Gasteiger partial charge is 0.496 e. The van der Waals surface area contributed by atoms with Gasteiger partial charge < -0.3 is 9.84 Å². The van der Waals surface area contributed by atoms with Crippen LogP contribution in [-0.2, 0) is 6.42 Å². The van der Waals surface area contributed by atoms with E-state index < -0.39 is 0 Å². The molecule has 1 fully saturated rings. The molecule has 3 atom stereocenters. The lowest BCUT2D eigenvalue weighted by atomic mass is 9.55. The van der Waals surface area contributed by atoms with Crippen molar-refractivity contribution in [3.05, 3.63) is 34.9 Å². The van der Waals surface area contributed by atoms with E-state index in [-0.39, 0.29) is 6.10 Å². The predicted octanol–water partition coefficient (Wildman–Crippen LogP) is 4.36. The second kappa shape index (κ2) is 5.13. The van der Waals surface area contributed by atoms with Gasteiger partial charge in [-0.3, -0.25) is 0 Å². The summed E-state index contributed by atoms with van der Waals surface area (Å²) in [5.74, 6) is 1.72. The van der Waals surface area contributed by atoms with E-state index in [0.29, 0.717) is 11.3 Å². The van der Waals surface area contributed by atoms with Crippen LogP contribution in [0.1, 0.15) is 56.6 Å². The van der Waals surface area contributed by atoms with Crippen molar-refractivity contribution in [3.63, 3.8) is 0 Å². The third kappa shape index (κ3) is 1.96. The van der Waals surface area contributed by atoms with Gasteiger partial charge >= 0.3 is 0 Å². The maximum atomic E-state index is 10.1. The summed E-state index contributed by atoms with van der Waals surface area (Å²) < 4.78 is 5.58. The van der Waals surface area contributed by atoms with Crippen molar-refractivity contribution < 1.29 is 9.84 Å². The molecule has 2 nitrogen and oxygen atoms in total. The molecule has 0 unspecified atom stereocenters. The van der Waals surface area contributed by atoms with Gasteiger partial charge in [-0.2, -0.15) is 0 Å². The highest BCUT2D eigenvalue weighted by molar-refractivity contribution is 5.76. The first-order chi connectivity index (χ1) is 10.6. The third-order valence-electron chi connectivity index (χ3n) is 6.55. The summed E-state index contributed by atoms with van der Waals surface area (Å²) in [7, 11) is 1.78. The lowest BCUT2D eigenvalue weighted by molar-refractivity contribution is 0.0290. The smallest absolute Gasteiger partial charge is 0.122 e. The molecular weight excluding hydrogens is 272 g/mol. The molecule has 0 aliphatic heterocycles. The molecular formula is C20H26O2. The number of aliphatic hydroxyl groups excluding tert-OH is 1. The number of benzene rings is 1. The van der Waals surface area contributed by atoms with Crippen molar-refractivity contribution in [2.24, 2.45) is 11.3 Å². The zero-order valence-corrected chi connectivity index (χ0v) is 13.7. The van der Waals surface area contributed by atoms with Crippen LogP contribution >= 0.6 is 0 Å². The Morgan fingerprint density at radius 2 is 2.05 bits per heavy atom. The van der Waals surface area contributed by atoms with Crippen molar-refractivity contribution in [3.8, 4) is 5.75 Å². The first-order valence-corrected chi connectivity index (χ1v) is 8.70. The van der Waals surface area contributed by atoms with Crippen molar-refractivity contribution in [2.45, 2.75) is 58.0 Å². The molecule has 1 aromatic rings. The number of allylic oxidation sites excluding steroid dienone is 2. The van der Waals surface area contributed by atoms with Crippen LogP contribution in [0.3, 0.4) is 0 Å². The summed E-state index contributed by atoms with van der Waals surface area (Å²) in [4.78, 5) is 0. The number of aliphatic hydroxyl groups is 1. The maximum absolute atomic E-state index is 10.1. The zero-order chi connectivity index (χ0) is 15.3. The molecule has 1 saturated carbocycles. The van der Waals surface area contributed by atoms with Gasteiger partial charge in [0.25, 0.3) is 0 Å². The summed E-state index contributed by atoms with van der Waals surface area (Å²) in [6.07, 6.45) is 7.71. The number of methoxy groups -OCH3 is 1. The molecule has 0 radical (unpaired) electrons. The molecule has 118 valence electrons. The van der Waals surface area contributed by atoms with Crippen molar-refractivity contribution in [1.82, 2.24) is 0 Å². The minimum Gasteiger partial charge on any atom is -0.496 e. The van der Waals surface area contributed by atoms with Gasteiger partial charge in [-0.1, -0.05) is 24.6 Å². The minimum absolute atomic E-state index is 0.0730. The predicted molar refractivity (Wildman–Crippen MR) is 88.9 cm³/mol. The van der Waals surface area contributed by atoms with E-state index in [1.165, 1.54) is 30.4 Å². The Hall–Kier alpha value is -1.28. The summed E-state index contributed by atoms with van der Waals surface area (Å²) in [6.45, 7) is 2.46. The fourth-order valence-corrected chi connectivity index (χ4v) is 5.31. The quantitative estimate of drug-likeness (QED) is 0.835. The van der Waals surface area contributed by atoms with Gasteiger partial charge in [0.2, 0.25) is 0 Å². The molecule has 2 heteroatoms. The molecule has 22 heavy (non-hydrogen) atoms. The molecule has 0 heterocycles. The molecule has 0 saturated heterocycles. The van der Waals surface area contributed by atoms with Crippen LogP contribution in [0, 0.1) is 11.3 Å². The number of hydrogen-bond donors (Lipinski definition) is 1. The van der Waals surface area contributed by atoms with E-state index in [1.807, 2.05) is 0 Å². The van der Waals surface area contributed by atoms with Crippen LogP contribution in [0.15, 0.2) is 23.8 Å². The first-order valence-electron chi connectivity index (χ1n) is 8.70. The summed E-state index contributed by atoms with van der Waals surface area (Å²) in [5.41, 5.74) is 6.44. The van der Waals surface area contributed by atoms with Crippen LogP contribution in [0.5, 0.6) is 5.75 Å². The van der Waals surface area contributed by atoms with E-state index in [1.54, 1.807) is 18.3 Å².